The van der Waals surface area contributed by atoms with E-state index in [9.17, 15) is 18.0 Å². The average molecular weight is 363 g/mol. The first-order valence-corrected chi connectivity index (χ1v) is 8.71. The summed E-state index contributed by atoms with van der Waals surface area (Å²) in [5.41, 5.74) is 3.39. The van der Waals surface area contributed by atoms with Gasteiger partial charge in [0.25, 0.3) is 10.0 Å². The Bertz CT molecular complexity index is 862. The van der Waals surface area contributed by atoms with Gasteiger partial charge in [-0.3, -0.25) is 10.0 Å². The molecular formula is C16H17N3O5S. The van der Waals surface area contributed by atoms with E-state index in [-0.39, 0.29) is 11.3 Å². The van der Waals surface area contributed by atoms with Gasteiger partial charge in [0.15, 0.2) is 0 Å². The second-order valence-corrected chi connectivity index (χ2v) is 6.96. The first-order valence-electron chi connectivity index (χ1n) is 7.22. The van der Waals surface area contributed by atoms with Crippen LogP contribution >= 0.6 is 0 Å². The van der Waals surface area contributed by atoms with Gasteiger partial charge in [0, 0.05) is 5.69 Å². The van der Waals surface area contributed by atoms with E-state index in [2.05, 4.69) is 5.32 Å². The Balaban J connectivity index is 1.99. The molecule has 0 aromatic heterocycles. The largest absolute Gasteiger partial charge is 0.333 e. The number of aryl methyl sites for hydroxylation is 1. The number of hydrogen-bond acceptors (Lipinski definition) is 5. The van der Waals surface area contributed by atoms with Gasteiger partial charge in [-0.05, 0) is 36.8 Å². The summed E-state index contributed by atoms with van der Waals surface area (Å²) in [4.78, 5) is 22.9. The molecule has 132 valence electrons. The molecule has 0 saturated heterocycles. The molecule has 0 saturated carbocycles. The molecule has 25 heavy (non-hydrogen) atoms. The number of anilines is 1. The monoisotopic (exact) mass is 363 g/mol. The Kier molecular flexibility index (Phi) is 5.73. The Labute approximate surface area is 144 Å². The van der Waals surface area contributed by atoms with Crippen LogP contribution in [0.4, 0.5) is 10.5 Å². The number of carbonyl (C=O) groups is 2. The number of hydrogen-bond donors (Lipinski definition) is 4. The summed E-state index contributed by atoms with van der Waals surface area (Å²) in [6, 6.07) is 11.3. The van der Waals surface area contributed by atoms with E-state index in [0.29, 0.717) is 11.3 Å². The van der Waals surface area contributed by atoms with Crippen LogP contribution in [0.5, 0.6) is 0 Å². The lowest BCUT2D eigenvalue weighted by atomic mass is 10.1. The standard InChI is InChI=1S/C16H17N3O5S/c1-11-2-8-14(9-3-11)25(23,24)19-16(21)17-13-6-4-12(5-7-13)10-15(20)18-22/h2-9,22H,10H2,1H3,(H,18,20)(H2,17,19,21). The van der Waals surface area contributed by atoms with Crippen LogP contribution in [0.2, 0.25) is 0 Å². The van der Waals surface area contributed by atoms with Gasteiger partial charge in [-0.15, -0.1) is 0 Å². The molecule has 2 rings (SSSR count). The molecule has 0 heterocycles. The Morgan fingerprint density at radius 2 is 1.60 bits per heavy atom. The van der Waals surface area contributed by atoms with Crippen molar-refractivity contribution in [2.45, 2.75) is 18.2 Å². The maximum absolute atomic E-state index is 12.1. The lowest BCUT2D eigenvalue weighted by molar-refractivity contribution is -0.128. The second kappa shape index (κ2) is 7.77. The summed E-state index contributed by atoms with van der Waals surface area (Å²) in [6.07, 6.45) is -0.0230. The molecule has 0 aliphatic rings. The lowest BCUT2D eigenvalue weighted by Crippen LogP contribution is -2.34. The third kappa shape index (κ3) is 5.30. The van der Waals surface area contributed by atoms with E-state index < -0.39 is 22.0 Å². The fraction of sp³-hybridized carbons (Fsp3) is 0.125. The van der Waals surface area contributed by atoms with Gasteiger partial charge in [0.2, 0.25) is 5.91 Å². The quantitative estimate of drug-likeness (QED) is 0.474. The normalized spacial score (nSPS) is 10.8. The minimum absolute atomic E-state index is 0.0152. The first kappa shape index (κ1) is 18.4. The number of carbonyl (C=O) groups excluding carboxylic acids is 2. The van der Waals surface area contributed by atoms with E-state index >= 15 is 0 Å². The van der Waals surface area contributed by atoms with Crippen LogP contribution in [0.25, 0.3) is 0 Å². The van der Waals surface area contributed by atoms with Gasteiger partial charge in [0.05, 0.1) is 11.3 Å². The van der Waals surface area contributed by atoms with Crippen molar-refractivity contribution in [3.05, 3.63) is 59.7 Å². The lowest BCUT2D eigenvalue weighted by Gasteiger charge is -2.09. The van der Waals surface area contributed by atoms with E-state index in [0.717, 1.165) is 5.56 Å². The molecule has 0 fully saturated rings. The molecule has 0 unspecified atom stereocenters. The Morgan fingerprint density at radius 1 is 1.00 bits per heavy atom. The number of urea groups is 1. The molecule has 0 bridgehead atoms. The highest BCUT2D eigenvalue weighted by Gasteiger charge is 2.17. The number of amides is 3. The van der Waals surface area contributed by atoms with Crippen molar-refractivity contribution in [2.75, 3.05) is 5.32 Å². The molecule has 0 aliphatic carbocycles. The van der Waals surface area contributed by atoms with E-state index in [4.69, 9.17) is 5.21 Å². The van der Waals surface area contributed by atoms with Crippen LogP contribution in [-0.4, -0.2) is 25.6 Å². The molecule has 0 radical (unpaired) electrons. The Morgan fingerprint density at radius 3 is 2.16 bits per heavy atom. The summed E-state index contributed by atoms with van der Waals surface area (Å²) in [5.74, 6) is -0.567. The molecule has 2 aromatic rings. The predicted octanol–water partition coefficient (Wildman–Crippen LogP) is 1.55. The van der Waals surface area contributed by atoms with Crippen molar-refractivity contribution in [1.82, 2.24) is 10.2 Å². The van der Waals surface area contributed by atoms with Crippen LogP contribution in [0.1, 0.15) is 11.1 Å². The maximum Gasteiger partial charge on any atom is 0.333 e. The Hall–Kier alpha value is -2.91. The SMILES string of the molecule is Cc1ccc(S(=O)(=O)NC(=O)Nc2ccc(CC(=O)NO)cc2)cc1. The third-order valence-electron chi connectivity index (χ3n) is 3.26. The number of rotatable bonds is 5. The van der Waals surface area contributed by atoms with Crippen molar-refractivity contribution in [3.8, 4) is 0 Å². The zero-order chi connectivity index (χ0) is 18.4. The first-order chi connectivity index (χ1) is 11.8. The van der Waals surface area contributed by atoms with E-state index in [1.807, 2.05) is 11.6 Å². The topological polar surface area (TPSA) is 125 Å². The summed E-state index contributed by atoms with van der Waals surface area (Å²) in [7, 11) is -3.97. The van der Waals surface area contributed by atoms with Crippen LogP contribution in [0.3, 0.4) is 0 Å². The number of hydroxylamine groups is 1. The number of benzene rings is 2. The maximum atomic E-state index is 12.1. The highest BCUT2D eigenvalue weighted by Crippen LogP contribution is 2.12. The van der Waals surface area contributed by atoms with Gasteiger partial charge in [0.1, 0.15) is 0 Å². The zero-order valence-electron chi connectivity index (χ0n) is 13.3. The van der Waals surface area contributed by atoms with Crippen molar-refractivity contribution < 1.29 is 23.2 Å². The predicted molar refractivity (Wildman–Crippen MR) is 90.6 cm³/mol. The molecule has 0 spiro atoms. The van der Waals surface area contributed by atoms with Crippen LogP contribution in [-0.2, 0) is 21.2 Å². The fourth-order valence-corrected chi connectivity index (χ4v) is 2.89. The van der Waals surface area contributed by atoms with E-state index in [1.54, 1.807) is 24.3 Å². The number of sulfonamides is 1. The molecule has 2 aromatic carbocycles. The molecule has 9 heteroatoms. The summed E-state index contributed by atoms with van der Waals surface area (Å²) >= 11 is 0. The van der Waals surface area contributed by atoms with Crippen molar-refractivity contribution in [1.29, 1.82) is 0 Å². The second-order valence-electron chi connectivity index (χ2n) is 5.28. The zero-order valence-corrected chi connectivity index (χ0v) is 14.1. The fourth-order valence-electron chi connectivity index (χ4n) is 1.99. The average Bonchev–Trinajstić information content (AvgIpc) is 2.56. The molecule has 3 amide bonds. The molecule has 0 atom stereocenters. The van der Waals surface area contributed by atoms with Crippen LogP contribution in [0, 0.1) is 6.92 Å². The number of nitrogens with one attached hydrogen (secondary N) is 3. The molecule has 0 aliphatic heterocycles. The van der Waals surface area contributed by atoms with Gasteiger partial charge in [-0.1, -0.05) is 29.8 Å². The van der Waals surface area contributed by atoms with Crippen LogP contribution in [0.15, 0.2) is 53.4 Å². The van der Waals surface area contributed by atoms with Crippen molar-refractivity contribution >= 4 is 27.6 Å². The van der Waals surface area contributed by atoms with Gasteiger partial charge in [-0.25, -0.2) is 23.4 Å². The summed E-state index contributed by atoms with van der Waals surface area (Å²) in [6.45, 7) is 1.82. The van der Waals surface area contributed by atoms with Gasteiger partial charge >= 0.3 is 6.03 Å². The van der Waals surface area contributed by atoms with Gasteiger partial charge < -0.3 is 5.32 Å². The highest BCUT2D eigenvalue weighted by atomic mass is 32.2. The van der Waals surface area contributed by atoms with Crippen molar-refractivity contribution in [2.24, 2.45) is 0 Å². The summed E-state index contributed by atoms with van der Waals surface area (Å²) in [5, 5.41) is 10.9. The molecule has 8 nitrogen and oxygen atoms in total. The summed E-state index contributed by atoms with van der Waals surface area (Å²) < 4.78 is 26.1. The third-order valence-corrected chi connectivity index (χ3v) is 4.61. The molecule has 4 N–H and O–H groups in total. The smallest absolute Gasteiger partial charge is 0.307 e. The minimum atomic E-state index is -3.97. The molecular weight excluding hydrogens is 346 g/mol. The highest BCUT2D eigenvalue weighted by molar-refractivity contribution is 7.90. The minimum Gasteiger partial charge on any atom is -0.307 e. The van der Waals surface area contributed by atoms with E-state index in [1.165, 1.54) is 29.7 Å². The van der Waals surface area contributed by atoms with Gasteiger partial charge in [-0.2, -0.15) is 0 Å². The van der Waals surface area contributed by atoms with Crippen LogP contribution < -0.4 is 15.5 Å². The van der Waals surface area contributed by atoms with Crippen molar-refractivity contribution in [3.63, 3.8) is 0 Å².